The van der Waals surface area contributed by atoms with Crippen molar-refractivity contribution in [2.75, 3.05) is 0 Å². The molecule has 1 saturated carbocycles. The largest absolute Gasteiger partial charge is 0.371 e. The van der Waals surface area contributed by atoms with Crippen LogP contribution in [0.4, 0.5) is 0 Å². The molecule has 1 heterocycles. The number of Topliss-reactive ketones (excluding diaryl/α,β-unsaturated/α-hetero) is 1. The monoisotopic (exact) mass is 210 g/mol. The van der Waals surface area contributed by atoms with E-state index in [1.165, 1.54) is 0 Å². The van der Waals surface area contributed by atoms with Gasteiger partial charge in [0, 0.05) is 6.42 Å². The highest BCUT2D eigenvalue weighted by molar-refractivity contribution is 5.85. The van der Waals surface area contributed by atoms with Gasteiger partial charge in [0.05, 0.1) is 17.6 Å². The van der Waals surface area contributed by atoms with Crippen LogP contribution in [0.3, 0.4) is 0 Å². The smallest absolute Gasteiger partial charge is 0.142 e. The maximum atomic E-state index is 12.1. The quantitative estimate of drug-likeness (QED) is 0.614. The zero-order valence-corrected chi connectivity index (χ0v) is 10.7. The molecule has 2 fully saturated rings. The van der Waals surface area contributed by atoms with Crippen molar-refractivity contribution in [2.24, 2.45) is 16.7 Å². The summed E-state index contributed by atoms with van der Waals surface area (Å²) in [4.78, 5) is 12.1. The third kappa shape index (κ3) is 1.24. The number of carbonyl (C=O) groups excluding carboxylic acids is 1. The molecule has 0 aromatic heterocycles. The molecule has 1 aliphatic carbocycles. The fourth-order valence-corrected chi connectivity index (χ4v) is 3.17. The number of hydrogen-bond acceptors (Lipinski definition) is 2. The number of hydrogen-bond donors (Lipinski definition) is 0. The molecule has 86 valence electrons. The lowest BCUT2D eigenvalue weighted by molar-refractivity contribution is -0.280. The first-order valence-electron chi connectivity index (χ1n) is 5.80. The van der Waals surface area contributed by atoms with E-state index in [2.05, 4.69) is 27.7 Å². The molecule has 0 spiro atoms. The van der Waals surface area contributed by atoms with E-state index in [1.54, 1.807) is 0 Å². The number of ketones is 1. The van der Waals surface area contributed by atoms with Crippen LogP contribution in [-0.2, 0) is 9.53 Å². The van der Waals surface area contributed by atoms with Gasteiger partial charge in [0.25, 0.3) is 0 Å². The summed E-state index contributed by atoms with van der Waals surface area (Å²) in [6.45, 7) is 12.8. The third-order valence-corrected chi connectivity index (χ3v) is 4.85. The lowest BCUT2D eigenvalue weighted by Crippen LogP contribution is -2.71. The fraction of sp³-hybridized carbons (Fsp3) is 0.923. The minimum atomic E-state index is -0.272. The maximum Gasteiger partial charge on any atom is 0.142 e. The molecule has 1 aliphatic heterocycles. The topological polar surface area (TPSA) is 26.3 Å². The van der Waals surface area contributed by atoms with Gasteiger partial charge in [0.1, 0.15) is 5.78 Å². The van der Waals surface area contributed by atoms with Gasteiger partial charge in [-0.15, -0.1) is 0 Å². The summed E-state index contributed by atoms with van der Waals surface area (Å²) in [5.74, 6) is 0.501. The number of fused-ring (bicyclic) bond motifs is 1. The standard InChI is InChI=1S/C13H22O2/c1-11(2)7-8(14)9-10(15-11)13(5,6)12(9,3)4/h9-10H,7H2,1-6H3/t9-,10-/m0/s1. The Morgan fingerprint density at radius 3 is 2.13 bits per heavy atom. The molecule has 0 radical (unpaired) electrons. The Labute approximate surface area is 92.4 Å². The predicted molar refractivity (Wildman–Crippen MR) is 59.6 cm³/mol. The van der Waals surface area contributed by atoms with E-state index in [-0.39, 0.29) is 28.5 Å². The van der Waals surface area contributed by atoms with Gasteiger partial charge in [-0.3, -0.25) is 4.79 Å². The first kappa shape index (κ1) is 11.1. The lowest BCUT2D eigenvalue weighted by Gasteiger charge is -2.66. The van der Waals surface area contributed by atoms with E-state index in [9.17, 15) is 4.79 Å². The van der Waals surface area contributed by atoms with Crippen molar-refractivity contribution in [3.05, 3.63) is 0 Å². The van der Waals surface area contributed by atoms with Gasteiger partial charge >= 0.3 is 0 Å². The summed E-state index contributed by atoms with van der Waals surface area (Å²) in [5.41, 5.74) is -0.0950. The molecule has 0 aromatic carbocycles. The molecule has 0 aromatic rings. The van der Waals surface area contributed by atoms with E-state index in [1.807, 2.05) is 13.8 Å². The summed E-state index contributed by atoms with van der Waals surface area (Å²) in [7, 11) is 0. The van der Waals surface area contributed by atoms with E-state index >= 15 is 0 Å². The lowest BCUT2D eigenvalue weighted by atomic mass is 9.42. The molecule has 1 saturated heterocycles. The molecule has 2 rings (SSSR count). The summed E-state index contributed by atoms with van der Waals surface area (Å²) >= 11 is 0. The SMILES string of the molecule is CC1(C)CC(=O)[C@H]2[C@H](O1)C(C)(C)C2(C)C. The van der Waals surface area contributed by atoms with Crippen LogP contribution in [0.2, 0.25) is 0 Å². The van der Waals surface area contributed by atoms with Crippen molar-refractivity contribution in [3.8, 4) is 0 Å². The van der Waals surface area contributed by atoms with Crippen molar-refractivity contribution in [3.63, 3.8) is 0 Å². The Kier molecular flexibility index (Phi) is 1.97. The zero-order chi connectivity index (χ0) is 11.6. The van der Waals surface area contributed by atoms with Crippen LogP contribution in [0.5, 0.6) is 0 Å². The van der Waals surface area contributed by atoms with Crippen LogP contribution in [-0.4, -0.2) is 17.5 Å². The molecule has 0 amide bonds. The van der Waals surface area contributed by atoms with Gasteiger partial charge in [-0.2, -0.15) is 0 Å². The summed E-state index contributed by atoms with van der Waals surface area (Å²) < 4.78 is 6.07. The summed E-state index contributed by atoms with van der Waals surface area (Å²) in [6.07, 6.45) is 0.678. The Hall–Kier alpha value is -0.370. The molecular formula is C13H22O2. The van der Waals surface area contributed by atoms with Crippen molar-refractivity contribution >= 4 is 5.78 Å². The number of carbonyl (C=O) groups is 1. The number of ether oxygens (including phenoxy) is 1. The molecule has 2 heteroatoms. The van der Waals surface area contributed by atoms with Gasteiger partial charge in [0.15, 0.2) is 0 Å². The van der Waals surface area contributed by atoms with Gasteiger partial charge < -0.3 is 4.74 Å². The highest BCUT2D eigenvalue weighted by atomic mass is 16.5. The molecule has 2 atom stereocenters. The van der Waals surface area contributed by atoms with E-state index in [0.717, 1.165) is 0 Å². The van der Waals surface area contributed by atoms with Crippen LogP contribution in [0.1, 0.15) is 48.0 Å². The van der Waals surface area contributed by atoms with Crippen LogP contribution in [0.15, 0.2) is 0 Å². The van der Waals surface area contributed by atoms with Gasteiger partial charge in [0.2, 0.25) is 0 Å². The first-order valence-corrected chi connectivity index (χ1v) is 5.80. The summed E-state index contributed by atoms with van der Waals surface area (Å²) in [6, 6.07) is 0. The van der Waals surface area contributed by atoms with Crippen LogP contribution in [0, 0.1) is 16.7 Å². The van der Waals surface area contributed by atoms with E-state index in [4.69, 9.17) is 4.74 Å². The Bertz CT molecular complexity index is 312. The van der Waals surface area contributed by atoms with Gasteiger partial charge in [-0.05, 0) is 24.7 Å². The Morgan fingerprint density at radius 2 is 1.60 bits per heavy atom. The minimum Gasteiger partial charge on any atom is -0.371 e. The van der Waals surface area contributed by atoms with Crippen molar-refractivity contribution in [2.45, 2.75) is 59.7 Å². The second kappa shape index (κ2) is 2.65. The Balaban J connectivity index is 2.32. The summed E-state index contributed by atoms with van der Waals surface area (Å²) in [5, 5.41) is 0. The van der Waals surface area contributed by atoms with Crippen molar-refractivity contribution in [1.29, 1.82) is 0 Å². The van der Waals surface area contributed by atoms with Crippen LogP contribution in [0.25, 0.3) is 0 Å². The van der Waals surface area contributed by atoms with Crippen molar-refractivity contribution < 1.29 is 9.53 Å². The molecule has 0 N–H and O–H groups in total. The molecular weight excluding hydrogens is 188 g/mol. The molecule has 2 aliphatic rings. The van der Waals surface area contributed by atoms with E-state index in [0.29, 0.717) is 12.2 Å². The van der Waals surface area contributed by atoms with Crippen LogP contribution < -0.4 is 0 Å². The molecule has 0 bridgehead atoms. The second-order valence-corrected chi connectivity index (χ2v) is 6.86. The molecule has 15 heavy (non-hydrogen) atoms. The highest BCUT2D eigenvalue weighted by Gasteiger charge is 2.68. The van der Waals surface area contributed by atoms with E-state index < -0.39 is 0 Å². The minimum absolute atomic E-state index is 0.0747. The molecule has 0 unspecified atom stereocenters. The van der Waals surface area contributed by atoms with Crippen molar-refractivity contribution in [1.82, 2.24) is 0 Å². The van der Waals surface area contributed by atoms with Gasteiger partial charge in [-0.25, -0.2) is 0 Å². The third-order valence-electron chi connectivity index (χ3n) is 4.85. The highest BCUT2D eigenvalue weighted by Crippen LogP contribution is 2.64. The number of rotatable bonds is 0. The fourth-order valence-electron chi connectivity index (χ4n) is 3.17. The normalized spacial score (nSPS) is 40.5. The maximum absolute atomic E-state index is 12.1. The van der Waals surface area contributed by atoms with Crippen LogP contribution >= 0.6 is 0 Å². The second-order valence-electron chi connectivity index (χ2n) is 6.86. The predicted octanol–water partition coefficient (Wildman–Crippen LogP) is 2.81. The zero-order valence-electron chi connectivity index (χ0n) is 10.7. The average molecular weight is 210 g/mol. The molecule has 2 nitrogen and oxygen atoms in total. The Morgan fingerprint density at radius 1 is 1.07 bits per heavy atom. The first-order chi connectivity index (χ1) is 6.59. The van der Waals surface area contributed by atoms with Gasteiger partial charge in [-0.1, -0.05) is 27.7 Å². The average Bonchev–Trinajstić information content (AvgIpc) is 1.99.